The fraction of sp³-hybridized carbons (Fsp3) is 0.500. The summed E-state index contributed by atoms with van der Waals surface area (Å²) < 4.78 is 35.1. The van der Waals surface area contributed by atoms with Crippen LogP contribution < -0.4 is 9.47 Å². The number of carbonyl (C=O) groups is 1. The topological polar surface area (TPSA) is 92.7 Å². The first kappa shape index (κ1) is 37.0. The molecular formula is C38H52O8. The van der Waals surface area contributed by atoms with Crippen molar-refractivity contribution in [2.75, 3.05) is 27.4 Å². The summed E-state index contributed by atoms with van der Waals surface area (Å²) in [5.74, 6) is 1.57. The Balaban J connectivity index is 1.63. The third-order valence-electron chi connectivity index (χ3n) is 7.72. The Labute approximate surface area is 275 Å². The Kier molecular flexibility index (Phi) is 15.5. The molecule has 8 heteroatoms. The van der Waals surface area contributed by atoms with Crippen LogP contribution in [0.5, 0.6) is 11.5 Å². The van der Waals surface area contributed by atoms with Crippen molar-refractivity contribution in [3.8, 4) is 11.5 Å². The molecule has 252 valence electrons. The molecule has 2 aromatic carbocycles. The van der Waals surface area contributed by atoms with Gasteiger partial charge in [-0.15, -0.1) is 0 Å². The van der Waals surface area contributed by atoms with Crippen molar-refractivity contribution in [2.24, 2.45) is 11.3 Å². The molecule has 1 aliphatic rings. The highest BCUT2D eigenvalue weighted by molar-refractivity contribution is 5.75. The van der Waals surface area contributed by atoms with Crippen LogP contribution >= 0.6 is 0 Å². The maximum atomic E-state index is 12.3. The molecule has 0 aromatic heterocycles. The lowest BCUT2D eigenvalue weighted by molar-refractivity contribution is -0.249. The van der Waals surface area contributed by atoms with Crippen LogP contribution in [0.15, 0.2) is 85.0 Å². The maximum Gasteiger partial charge on any atom is 0.311 e. The monoisotopic (exact) mass is 636 g/mol. The average Bonchev–Trinajstić information content (AvgIpc) is 3.05. The zero-order valence-corrected chi connectivity index (χ0v) is 28.2. The van der Waals surface area contributed by atoms with Gasteiger partial charge in [0.25, 0.3) is 0 Å². The van der Waals surface area contributed by atoms with Gasteiger partial charge < -0.3 is 33.5 Å². The number of allylic oxidation sites excluding steroid dienone is 3. The Bertz CT molecular complexity index is 1240. The predicted molar refractivity (Wildman–Crippen MR) is 180 cm³/mol. The summed E-state index contributed by atoms with van der Waals surface area (Å²) in [5.41, 5.74) is 1.43. The van der Waals surface area contributed by atoms with Gasteiger partial charge in [0.15, 0.2) is 6.29 Å². The molecule has 0 saturated carbocycles. The molecule has 46 heavy (non-hydrogen) atoms. The molecule has 8 nitrogen and oxygen atoms in total. The minimum atomic E-state index is -0.545. The fourth-order valence-electron chi connectivity index (χ4n) is 4.87. The lowest BCUT2D eigenvalue weighted by Crippen LogP contribution is -2.35. The number of hydrogen-bond donors (Lipinski definition) is 1. The molecule has 0 radical (unpaired) electrons. The van der Waals surface area contributed by atoms with Gasteiger partial charge in [0.05, 0.1) is 57.8 Å². The van der Waals surface area contributed by atoms with Crippen LogP contribution in [0.4, 0.5) is 0 Å². The number of methoxy groups -OCH3 is 2. The molecule has 1 heterocycles. The number of ether oxygens (including phenoxy) is 6. The van der Waals surface area contributed by atoms with Crippen molar-refractivity contribution in [3.05, 3.63) is 96.1 Å². The van der Waals surface area contributed by atoms with Gasteiger partial charge >= 0.3 is 5.97 Å². The van der Waals surface area contributed by atoms with E-state index in [0.29, 0.717) is 32.5 Å². The lowest BCUT2D eigenvalue weighted by Gasteiger charge is -2.36. The van der Waals surface area contributed by atoms with E-state index in [4.69, 9.17) is 33.5 Å². The van der Waals surface area contributed by atoms with Crippen LogP contribution in [0.1, 0.15) is 70.8 Å². The number of aliphatic hydroxyl groups excluding tert-OH is 1. The molecule has 2 aromatic rings. The standard InChI is InChI=1S/C38H52O8/c1-28(12-10-11-24-39)35(44-27-29-15-19-31(41-5)20-16-29)14-9-7-8-13-33-26-34(23-25-43-37(40)38(2,3)4)46-36(45-33)30-17-21-32(42-6)22-18-30/h7-11,14-22,28,33-36,39H,12-13,23-27H2,1-6H3/b8-7+,11-10+,14-9-/t28-,33+,34-,35+,36+/m1/s1. The number of rotatable bonds is 17. The number of hydrogen-bond acceptors (Lipinski definition) is 8. The Morgan fingerprint density at radius 3 is 2.22 bits per heavy atom. The van der Waals surface area contributed by atoms with E-state index < -0.39 is 11.7 Å². The maximum absolute atomic E-state index is 12.3. The van der Waals surface area contributed by atoms with Crippen molar-refractivity contribution in [1.82, 2.24) is 0 Å². The third kappa shape index (κ3) is 12.8. The van der Waals surface area contributed by atoms with E-state index in [9.17, 15) is 4.79 Å². The Morgan fingerprint density at radius 1 is 0.935 bits per heavy atom. The minimum Gasteiger partial charge on any atom is -0.497 e. The van der Waals surface area contributed by atoms with Gasteiger partial charge in [-0.05, 0) is 69.4 Å². The van der Waals surface area contributed by atoms with Gasteiger partial charge in [0, 0.05) is 18.4 Å². The minimum absolute atomic E-state index is 0.0270. The fourth-order valence-corrected chi connectivity index (χ4v) is 4.87. The number of esters is 1. The van der Waals surface area contributed by atoms with Crippen molar-refractivity contribution in [1.29, 1.82) is 0 Å². The van der Waals surface area contributed by atoms with Crippen LogP contribution in [-0.4, -0.2) is 56.8 Å². The highest BCUT2D eigenvalue weighted by Crippen LogP contribution is 2.33. The van der Waals surface area contributed by atoms with Crippen molar-refractivity contribution >= 4 is 5.97 Å². The summed E-state index contributed by atoms with van der Waals surface area (Å²) in [4.78, 5) is 12.3. The van der Waals surface area contributed by atoms with Crippen LogP contribution in [0.3, 0.4) is 0 Å². The number of carbonyl (C=O) groups excluding carboxylic acids is 1. The van der Waals surface area contributed by atoms with E-state index in [1.807, 2.05) is 87.5 Å². The molecule has 0 unspecified atom stereocenters. The van der Waals surface area contributed by atoms with E-state index in [1.165, 1.54) is 0 Å². The van der Waals surface area contributed by atoms with Gasteiger partial charge in [-0.1, -0.05) is 67.6 Å². The highest BCUT2D eigenvalue weighted by Gasteiger charge is 2.31. The van der Waals surface area contributed by atoms with Crippen molar-refractivity contribution in [3.63, 3.8) is 0 Å². The van der Waals surface area contributed by atoms with E-state index in [0.717, 1.165) is 29.0 Å². The summed E-state index contributed by atoms with van der Waals surface area (Å²) in [6.07, 6.45) is 13.9. The second-order valence-electron chi connectivity index (χ2n) is 12.6. The van der Waals surface area contributed by atoms with Crippen molar-refractivity contribution < 1.29 is 38.3 Å². The van der Waals surface area contributed by atoms with Crippen LogP contribution in [-0.2, 0) is 30.3 Å². The molecular weight excluding hydrogens is 584 g/mol. The SMILES string of the molecule is COc1ccc(CO[C@@H](/C=C\C=C\C[C@H]2C[C@@H](CCOC(=O)C(C)(C)C)O[C@@H](c3ccc(OC)cc3)O2)[C@H](C)C/C=C/CO)cc1. The largest absolute Gasteiger partial charge is 0.497 e. The molecule has 3 rings (SSSR count). The molecule has 0 bridgehead atoms. The van der Waals surface area contributed by atoms with E-state index >= 15 is 0 Å². The summed E-state index contributed by atoms with van der Waals surface area (Å²) in [6.45, 7) is 8.49. The molecule has 5 atom stereocenters. The normalized spacial score (nSPS) is 20.3. The zero-order chi connectivity index (χ0) is 33.4. The summed E-state index contributed by atoms with van der Waals surface area (Å²) in [6, 6.07) is 15.6. The quantitative estimate of drug-likeness (QED) is 0.108. The van der Waals surface area contributed by atoms with Gasteiger partial charge in [-0.2, -0.15) is 0 Å². The van der Waals surface area contributed by atoms with Crippen LogP contribution in [0, 0.1) is 11.3 Å². The van der Waals surface area contributed by atoms with Crippen LogP contribution in [0.25, 0.3) is 0 Å². The third-order valence-corrected chi connectivity index (χ3v) is 7.72. The van der Waals surface area contributed by atoms with E-state index in [2.05, 4.69) is 19.1 Å². The molecule has 1 aliphatic heterocycles. The zero-order valence-electron chi connectivity index (χ0n) is 28.2. The number of aliphatic hydroxyl groups is 1. The van der Waals surface area contributed by atoms with E-state index in [1.54, 1.807) is 20.3 Å². The molecule has 0 spiro atoms. The summed E-state index contributed by atoms with van der Waals surface area (Å²) in [7, 11) is 3.29. The summed E-state index contributed by atoms with van der Waals surface area (Å²) in [5, 5.41) is 9.14. The van der Waals surface area contributed by atoms with Crippen LogP contribution in [0.2, 0.25) is 0 Å². The predicted octanol–water partition coefficient (Wildman–Crippen LogP) is 7.52. The summed E-state index contributed by atoms with van der Waals surface area (Å²) >= 11 is 0. The Morgan fingerprint density at radius 2 is 1.59 bits per heavy atom. The lowest BCUT2D eigenvalue weighted by atomic mass is 9.97. The number of benzene rings is 2. The molecule has 1 fully saturated rings. The van der Waals surface area contributed by atoms with Gasteiger partial charge in [0.2, 0.25) is 0 Å². The molecule has 1 N–H and O–H groups in total. The first-order valence-electron chi connectivity index (χ1n) is 16.1. The van der Waals surface area contributed by atoms with Crippen molar-refractivity contribution in [2.45, 2.75) is 84.6 Å². The van der Waals surface area contributed by atoms with E-state index in [-0.39, 0.29) is 36.8 Å². The molecule has 0 amide bonds. The average molecular weight is 637 g/mol. The Hall–Kier alpha value is -3.43. The smallest absolute Gasteiger partial charge is 0.311 e. The van der Waals surface area contributed by atoms with Gasteiger partial charge in [0.1, 0.15) is 11.5 Å². The first-order chi connectivity index (χ1) is 22.1. The van der Waals surface area contributed by atoms with Gasteiger partial charge in [-0.3, -0.25) is 4.79 Å². The molecule has 1 saturated heterocycles. The molecule has 0 aliphatic carbocycles. The first-order valence-corrected chi connectivity index (χ1v) is 16.1. The van der Waals surface area contributed by atoms with Gasteiger partial charge in [-0.25, -0.2) is 0 Å². The second kappa shape index (κ2) is 19.3. The highest BCUT2D eigenvalue weighted by atomic mass is 16.7. The second-order valence-corrected chi connectivity index (χ2v) is 12.6.